The van der Waals surface area contributed by atoms with Crippen molar-refractivity contribution in [3.05, 3.63) is 78.2 Å². The summed E-state index contributed by atoms with van der Waals surface area (Å²) in [6.07, 6.45) is 1.83. The molecule has 0 atom stereocenters. The molecule has 0 aliphatic carbocycles. The fourth-order valence-electron chi connectivity index (χ4n) is 3.51. The Morgan fingerprint density at radius 2 is 1.30 bits per heavy atom. The Kier molecular flexibility index (Phi) is 4.93. The van der Waals surface area contributed by atoms with Gasteiger partial charge in [0, 0.05) is 28.2 Å². The topological polar surface area (TPSA) is 38.7 Å². The average Bonchev–Trinajstić information content (AvgIpc) is 2.72. The van der Waals surface area contributed by atoms with Gasteiger partial charge in [0.05, 0.1) is 17.1 Å². The third-order valence-corrected chi connectivity index (χ3v) is 5.33. The zero-order chi connectivity index (χ0) is 21.5. The van der Waals surface area contributed by atoms with Crippen LogP contribution in [0.4, 0.5) is 0 Å². The number of pyridine rings is 1. The van der Waals surface area contributed by atoms with Crippen LogP contribution >= 0.6 is 0 Å². The maximum absolute atomic E-state index is 5.04. The van der Waals surface area contributed by atoms with Crippen LogP contribution in [0, 0.1) is 0 Å². The van der Waals surface area contributed by atoms with Crippen LogP contribution in [0.1, 0.15) is 52.9 Å². The third-order valence-electron chi connectivity index (χ3n) is 5.33. The Bertz CT molecular complexity index is 1160. The maximum Gasteiger partial charge on any atom is 0.160 e. The number of aromatic nitrogens is 3. The van der Waals surface area contributed by atoms with Gasteiger partial charge in [0.15, 0.2) is 5.82 Å². The maximum atomic E-state index is 5.04. The lowest BCUT2D eigenvalue weighted by Gasteiger charge is -2.24. The molecule has 0 aliphatic heterocycles. The molecule has 0 aliphatic rings. The molecule has 3 nitrogen and oxygen atoms in total. The highest BCUT2D eigenvalue weighted by Gasteiger charge is 2.24. The van der Waals surface area contributed by atoms with Crippen LogP contribution in [0.5, 0.6) is 0 Å². The summed E-state index contributed by atoms with van der Waals surface area (Å²) in [7, 11) is 0. The zero-order valence-electron chi connectivity index (χ0n) is 18.7. The first-order valence-electron chi connectivity index (χ1n) is 10.5. The molecule has 0 fully saturated rings. The van der Waals surface area contributed by atoms with E-state index in [1.54, 1.807) is 0 Å². The van der Waals surface area contributed by atoms with Gasteiger partial charge in [-0.05, 0) is 41.1 Å². The lowest BCUT2D eigenvalue weighted by Crippen LogP contribution is -2.20. The normalized spacial score (nSPS) is 12.3. The van der Waals surface area contributed by atoms with E-state index in [9.17, 15) is 0 Å². The summed E-state index contributed by atoms with van der Waals surface area (Å²) in [5.74, 6) is 0.779. The minimum atomic E-state index is -0.0634. The lowest BCUT2D eigenvalue weighted by molar-refractivity contribution is 0.539. The van der Waals surface area contributed by atoms with E-state index in [1.165, 1.54) is 0 Å². The van der Waals surface area contributed by atoms with Gasteiger partial charge in [-0.3, -0.25) is 4.98 Å². The fourth-order valence-corrected chi connectivity index (χ4v) is 3.51. The SMILES string of the molecule is CC(C)(C)c1cc(C(C)(C)C)nc(-c2cc(-c3ccccn3)cc3ccccc23)n1. The number of nitrogens with zero attached hydrogens (tertiary/aromatic N) is 3. The summed E-state index contributed by atoms with van der Waals surface area (Å²) in [6, 6.07) is 21.0. The molecule has 2 aromatic carbocycles. The molecule has 0 amide bonds. The first-order valence-corrected chi connectivity index (χ1v) is 10.5. The fraction of sp³-hybridized carbons (Fsp3) is 0.296. The molecular formula is C27H29N3. The Morgan fingerprint density at radius 3 is 1.90 bits per heavy atom. The summed E-state index contributed by atoms with van der Waals surface area (Å²) in [4.78, 5) is 14.6. The van der Waals surface area contributed by atoms with E-state index in [4.69, 9.17) is 9.97 Å². The van der Waals surface area contributed by atoms with Crippen molar-refractivity contribution < 1.29 is 0 Å². The lowest BCUT2D eigenvalue weighted by atomic mass is 9.86. The Morgan fingerprint density at radius 1 is 0.667 bits per heavy atom. The van der Waals surface area contributed by atoms with E-state index in [1.807, 2.05) is 24.4 Å². The molecule has 4 aromatic rings. The van der Waals surface area contributed by atoms with Gasteiger partial charge < -0.3 is 0 Å². The largest absolute Gasteiger partial charge is 0.256 e. The van der Waals surface area contributed by atoms with Crippen molar-refractivity contribution in [2.24, 2.45) is 0 Å². The van der Waals surface area contributed by atoms with E-state index < -0.39 is 0 Å². The van der Waals surface area contributed by atoms with Crippen LogP contribution in [0.2, 0.25) is 0 Å². The van der Waals surface area contributed by atoms with Gasteiger partial charge in [-0.15, -0.1) is 0 Å². The molecule has 30 heavy (non-hydrogen) atoms. The molecule has 0 spiro atoms. The molecule has 3 heteroatoms. The first kappa shape index (κ1) is 20.2. The van der Waals surface area contributed by atoms with Crippen LogP contribution in [0.3, 0.4) is 0 Å². The monoisotopic (exact) mass is 395 g/mol. The van der Waals surface area contributed by atoms with Crippen LogP contribution in [0.25, 0.3) is 33.4 Å². The summed E-state index contributed by atoms with van der Waals surface area (Å²) in [5.41, 5.74) is 5.07. The predicted octanol–water partition coefficient (Wildman–Crippen LogP) is 6.95. The number of rotatable bonds is 2. The smallest absolute Gasteiger partial charge is 0.160 e. The van der Waals surface area contributed by atoms with Gasteiger partial charge >= 0.3 is 0 Å². The van der Waals surface area contributed by atoms with E-state index in [-0.39, 0.29) is 10.8 Å². The van der Waals surface area contributed by atoms with Crippen LogP contribution in [-0.2, 0) is 10.8 Å². The molecule has 0 saturated heterocycles. The predicted molar refractivity (Wildman–Crippen MR) is 126 cm³/mol. The quantitative estimate of drug-likeness (QED) is 0.368. The van der Waals surface area contributed by atoms with Crippen molar-refractivity contribution >= 4 is 10.8 Å². The van der Waals surface area contributed by atoms with Gasteiger partial charge in [0.2, 0.25) is 0 Å². The number of benzene rings is 2. The van der Waals surface area contributed by atoms with Crippen molar-refractivity contribution in [2.45, 2.75) is 52.4 Å². The number of hydrogen-bond acceptors (Lipinski definition) is 3. The highest BCUT2D eigenvalue weighted by molar-refractivity contribution is 5.98. The molecule has 4 rings (SSSR count). The summed E-state index contributed by atoms with van der Waals surface area (Å²) >= 11 is 0. The first-order chi connectivity index (χ1) is 14.1. The van der Waals surface area contributed by atoms with Crippen molar-refractivity contribution in [3.63, 3.8) is 0 Å². The number of fused-ring (bicyclic) bond motifs is 1. The minimum absolute atomic E-state index is 0.0634. The second kappa shape index (κ2) is 7.32. The summed E-state index contributed by atoms with van der Waals surface area (Å²) in [5, 5.41) is 2.32. The molecule has 0 bridgehead atoms. The molecular weight excluding hydrogens is 366 g/mol. The van der Waals surface area contributed by atoms with E-state index in [0.717, 1.165) is 44.8 Å². The highest BCUT2D eigenvalue weighted by Crippen LogP contribution is 2.35. The Labute approximate surface area is 179 Å². The van der Waals surface area contributed by atoms with E-state index in [0.29, 0.717) is 0 Å². The van der Waals surface area contributed by atoms with Gasteiger partial charge in [0.25, 0.3) is 0 Å². The van der Waals surface area contributed by atoms with Gasteiger partial charge in [0.1, 0.15) is 0 Å². The van der Waals surface area contributed by atoms with Gasteiger partial charge in [-0.2, -0.15) is 0 Å². The number of hydrogen-bond donors (Lipinski definition) is 0. The minimum Gasteiger partial charge on any atom is -0.256 e. The Hall–Kier alpha value is -3.07. The summed E-state index contributed by atoms with van der Waals surface area (Å²) < 4.78 is 0. The van der Waals surface area contributed by atoms with Gasteiger partial charge in [-0.25, -0.2) is 9.97 Å². The molecule has 0 radical (unpaired) electrons. The van der Waals surface area contributed by atoms with Crippen molar-refractivity contribution in [3.8, 4) is 22.6 Å². The average molecular weight is 396 g/mol. The second-order valence-corrected chi connectivity index (χ2v) is 9.92. The van der Waals surface area contributed by atoms with E-state index >= 15 is 0 Å². The molecule has 2 heterocycles. The standard InChI is InChI=1S/C27H29N3/c1-26(2,3)23-17-24(27(4,5)6)30-25(29-23)21-16-19(22-13-9-10-14-28-22)15-18-11-7-8-12-20(18)21/h7-17H,1-6H3. The van der Waals surface area contributed by atoms with Crippen LogP contribution < -0.4 is 0 Å². The van der Waals surface area contributed by atoms with Crippen LogP contribution in [0.15, 0.2) is 66.9 Å². The molecule has 2 aromatic heterocycles. The van der Waals surface area contributed by atoms with Crippen molar-refractivity contribution in [1.82, 2.24) is 15.0 Å². The molecule has 0 saturated carbocycles. The van der Waals surface area contributed by atoms with Crippen LogP contribution in [-0.4, -0.2) is 15.0 Å². The molecule has 152 valence electrons. The third kappa shape index (κ3) is 3.97. The zero-order valence-corrected chi connectivity index (χ0v) is 18.7. The summed E-state index contributed by atoms with van der Waals surface area (Å²) in [6.45, 7) is 13.2. The highest BCUT2D eigenvalue weighted by atomic mass is 14.9. The molecule has 0 N–H and O–H groups in total. The molecule has 0 unspecified atom stereocenters. The van der Waals surface area contributed by atoms with Crippen molar-refractivity contribution in [2.75, 3.05) is 0 Å². The van der Waals surface area contributed by atoms with Gasteiger partial charge in [-0.1, -0.05) is 71.9 Å². The van der Waals surface area contributed by atoms with E-state index in [2.05, 4.69) is 89.0 Å². The Balaban J connectivity index is 2.03. The second-order valence-electron chi connectivity index (χ2n) is 9.92. The van der Waals surface area contributed by atoms with Crippen molar-refractivity contribution in [1.29, 1.82) is 0 Å².